The summed E-state index contributed by atoms with van der Waals surface area (Å²) in [4.78, 5) is 23.7. The molecule has 0 aromatic carbocycles. The van der Waals surface area contributed by atoms with Gasteiger partial charge in [-0.3, -0.25) is 9.59 Å². The summed E-state index contributed by atoms with van der Waals surface area (Å²) in [5.74, 6) is -0.0251. The topological polar surface area (TPSA) is 128 Å². The first-order valence-corrected chi connectivity index (χ1v) is 13.6. The molecule has 34 heavy (non-hydrogen) atoms. The van der Waals surface area contributed by atoms with E-state index in [2.05, 4.69) is 44.9 Å². The Balaban J connectivity index is 1.48. The van der Waals surface area contributed by atoms with Gasteiger partial charge >= 0.3 is 0 Å². The summed E-state index contributed by atoms with van der Waals surface area (Å²) in [5, 5.41) is 24.5. The van der Waals surface area contributed by atoms with E-state index >= 15 is 0 Å². The fourth-order valence-electron chi connectivity index (χ4n) is 2.89. The quantitative estimate of drug-likeness (QED) is 0.267. The van der Waals surface area contributed by atoms with Gasteiger partial charge in [0.15, 0.2) is 0 Å². The number of hydrogen-bond acceptors (Lipinski definition) is 10. The molecule has 0 radical (unpaired) electrons. The lowest BCUT2D eigenvalue weighted by molar-refractivity contribution is -0.117. The highest BCUT2D eigenvalue weighted by atomic mass is 32.1. The highest BCUT2D eigenvalue weighted by Crippen LogP contribution is 2.17. The molecule has 0 saturated carbocycles. The number of amides is 2. The van der Waals surface area contributed by atoms with Crippen LogP contribution in [0.15, 0.2) is 0 Å². The Morgan fingerprint density at radius 2 is 1.12 bits per heavy atom. The molecule has 0 aliphatic heterocycles. The summed E-state index contributed by atoms with van der Waals surface area (Å²) in [6.07, 6.45) is 8.38. The standard InChI is InChI=1S/C22H36N6O4S2/c1-3-5-7-9-17(29)23-21-27-25-19(33-21)11-13-31-15-16-32-14-12-20-26-28-22(34-20)24-18(30)10-8-6-4-2/h3-16H2,1-2H3,(H,23,27,29)(H,24,28,30). The Morgan fingerprint density at radius 1 is 0.676 bits per heavy atom. The van der Waals surface area contributed by atoms with Gasteiger partial charge in [0.05, 0.1) is 26.4 Å². The average Bonchev–Trinajstić information content (AvgIpc) is 3.45. The maximum atomic E-state index is 11.8. The van der Waals surface area contributed by atoms with Crippen LogP contribution in [0.1, 0.15) is 75.2 Å². The van der Waals surface area contributed by atoms with Crippen LogP contribution in [0.3, 0.4) is 0 Å². The second-order valence-electron chi connectivity index (χ2n) is 7.74. The Bertz CT molecular complexity index is 777. The number of unbranched alkanes of at least 4 members (excludes halogenated alkanes) is 4. The molecule has 2 aromatic heterocycles. The van der Waals surface area contributed by atoms with Gasteiger partial charge in [0.2, 0.25) is 22.1 Å². The summed E-state index contributed by atoms with van der Waals surface area (Å²) < 4.78 is 11.2. The predicted octanol–water partition coefficient (Wildman–Crippen LogP) is 4.25. The van der Waals surface area contributed by atoms with Crippen LogP contribution in [0.5, 0.6) is 0 Å². The first-order chi connectivity index (χ1) is 16.6. The van der Waals surface area contributed by atoms with Crippen LogP contribution >= 0.6 is 22.7 Å². The van der Waals surface area contributed by atoms with Crippen LogP contribution in [0.2, 0.25) is 0 Å². The van der Waals surface area contributed by atoms with Crippen molar-refractivity contribution in [2.24, 2.45) is 0 Å². The monoisotopic (exact) mass is 512 g/mol. The van der Waals surface area contributed by atoms with Gasteiger partial charge in [-0.05, 0) is 12.8 Å². The molecule has 0 bridgehead atoms. The van der Waals surface area contributed by atoms with E-state index in [4.69, 9.17) is 9.47 Å². The Hall–Kier alpha value is -2.02. The Labute approximate surface area is 209 Å². The van der Waals surface area contributed by atoms with Crippen LogP contribution in [0, 0.1) is 0 Å². The van der Waals surface area contributed by atoms with Gasteiger partial charge in [-0.15, -0.1) is 20.4 Å². The molecule has 10 nitrogen and oxygen atoms in total. The van der Waals surface area contributed by atoms with Crippen molar-refractivity contribution in [3.63, 3.8) is 0 Å². The van der Waals surface area contributed by atoms with E-state index in [1.807, 2.05) is 0 Å². The van der Waals surface area contributed by atoms with Crippen molar-refractivity contribution >= 4 is 44.8 Å². The third-order valence-corrected chi connectivity index (χ3v) is 6.53. The molecule has 190 valence electrons. The number of carbonyl (C=O) groups is 2. The molecule has 2 rings (SSSR count). The maximum Gasteiger partial charge on any atom is 0.226 e. The molecule has 0 fully saturated rings. The first kappa shape index (κ1) is 28.2. The number of nitrogens with one attached hydrogen (secondary N) is 2. The molecule has 0 aliphatic carbocycles. The molecule has 12 heteroatoms. The number of rotatable bonds is 19. The zero-order valence-corrected chi connectivity index (χ0v) is 21.8. The van der Waals surface area contributed by atoms with Crippen LogP contribution < -0.4 is 10.6 Å². The zero-order valence-electron chi connectivity index (χ0n) is 20.1. The van der Waals surface area contributed by atoms with Crippen molar-refractivity contribution in [1.29, 1.82) is 0 Å². The Kier molecular flexibility index (Phi) is 14.5. The lowest BCUT2D eigenvalue weighted by Crippen LogP contribution is -2.10. The number of anilines is 2. The minimum absolute atomic E-state index is 0.0125. The van der Waals surface area contributed by atoms with Crippen molar-refractivity contribution in [1.82, 2.24) is 20.4 Å². The summed E-state index contributed by atoms with van der Waals surface area (Å²) in [6.45, 7) is 6.21. The summed E-state index contributed by atoms with van der Waals surface area (Å²) >= 11 is 2.75. The van der Waals surface area contributed by atoms with Crippen LogP contribution in [-0.2, 0) is 31.9 Å². The minimum atomic E-state index is -0.0125. The van der Waals surface area contributed by atoms with Gasteiger partial charge in [-0.1, -0.05) is 62.2 Å². The number of carbonyl (C=O) groups excluding carboxylic acids is 2. The fourth-order valence-corrected chi connectivity index (χ4v) is 4.36. The summed E-state index contributed by atoms with van der Waals surface area (Å²) in [6, 6.07) is 0. The predicted molar refractivity (Wildman–Crippen MR) is 134 cm³/mol. The van der Waals surface area contributed by atoms with Crippen LogP contribution in [0.25, 0.3) is 0 Å². The SMILES string of the molecule is CCCCCC(=O)Nc1nnc(CCOCCOCCc2nnc(NC(=O)CCCCC)s2)s1. The van der Waals surface area contributed by atoms with E-state index in [0.717, 1.165) is 48.5 Å². The number of hydrogen-bond donors (Lipinski definition) is 2. The molecular formula is C22H36N6O4S2. The van der Waals surface area contributed by atoms with E-state index in [1.54, 1.807) is 0 Å². The molecule has 0 saturated heterocycles. The highest BCUT2D eigenvalue weighted by molar-refractivity contribution is 7.15. The van der Waals surface area contributed by atoms with E-state index in [9.17, 15) is 9.59 Å². The maximum absolute atomic E-state index is 11.8. The summed E-state index contributed by atoms with van der Waals surface area (Å²) in [7, 11) is 0. The fraction of sp³-hybridized carbons (Fsp3) is 0.727. The van der Waals surface area contributed by atoms with Crippen LogP contribution in [0.4, 0.5) is 10.3 Å². The van der Waals surface area contributed by atoms with Crippen molar-refractivity contribution < 1.29 is 19.1 Å². The van der Waals surface area contributed by atoms with E-state index < -0.39 is 0 Å². The molecule has 2 N–H and O–H groups in total. The van der Waals surface area contributed by atoms with E-state index in [1.165, 1.54) is 22.7 Å². The van der Waals surface area contributed by atoms with Crippen molar-refractivity contribution in [2.45, 2.75) is 78.1 Å². The van der Waals surface area contributed by atoms with Gasteiger partial charge in [0, 0.05) is 25.7 Å². The lowest BCUT2D eigenvalue weighted by atomic mass is 10.2. The first-order valence-electron chi connectivity index (χ1n) is 12.0. The second kappa shape index (κ2) is 17.4. The number of ether oxygens (including phenoxy) is 2. The normalized spacial score (nSPS) is 11.0. The van der Waals surface area contributed by atoms with Crippen molar-refractivity contribution in [3.8, 4) is 0 Å². The third-order valence-electron chi connectivity index (χ3n) is 4.73. The average molecular weight is 513 g/mol. The summed E-state index contributed by atoms with van der Waals surface area (Å²) in [5.41, 5.74) is 0. The van der Waals surface area contributed by atoms with Gasteiger partial charge in [-0.2, -0.15) is 0 Å². The van der Waals surface area contributed by atoms with E-state index in [-0.39, 0.29) is 11.8 Å². The zero-order chi connectivity index (χ0) is 24.4. The highest BCUT2D eigenvalue weighted by Gasteiger charge is 2.09. The van der Waals surface area contributed by atoms with Crippen molar-refractivity contribution in [2.75, 3.05) is 37.1 Å². The minimum Gasteiger partial charge on any atom is -0.379 e. The molecule has 2 amide bonds. The molecule has 0 aliphatic rings. The lowest BCUT2D eigenvalue weighted by Gasteiger charge is -2.04. The molecule has 2 heterocycles. The molecule has 0 spiro atoms. The Morgan fingerprint density at radius 3 is 1.53 bits per heavy atom. The van der Waals surface area contributed by atoms with Gasteiger partial charge < -0.3 is 20.1 Å². The molecule has 0 atom stereocenters. The number of nitrogens with zero attached hydrogens (tertiary/aromatic N) is 4. The van der Waals surface area contributed by atoms with E-state index in [0.29, 0.717) is 62.4 Å². The smallest absolute Gasteiger partial charge is 0.226 e. The van der Waals surface area contributed by atoms with Crippen molar-refractivity contribution in [3.05, 3.63) is 10.0 Å². The second-order valence-corrected chi connectivity index (χ2v) is 9.86. The van der Waals surface area contributed by atoms with Gasteiger partial charge in [0.1, 0.15) is 10.0 Å². The van der Waals surface area contributed by atoms with Crippen LogP contribution in [-0.4, -0.2) is 58.6 Å². The molecular weight excluding hydrogens is 476 g/mol. The van der Waals surface area contributed by atoms with Gasteiger partial charge in [0.25, 0.3) is 0 Å². The number of aromatic nitrogens is 4. The molecule has 0 unspecified atom stereocenters. The third kappa shape index (κ3) is 12.4. The largest absolute Gasteiger partial charge is 0.379 e. The van der Waals surface area contributed by atoms with Gasteiger partial charge in [-0.25, -0.2) is 0 Å². The molecule has 2 aromatic rings.